The molecule has 0 bridgehead atoms. The van der Waals surface area contributed by atoms with E-state index in [1.54, 1.807) is 19.1 Å². The number of carbonyl (C=O) groups excluding carboxylic acids is 2. The Morgan fingerprint density at radius 1 is 1.11 bits per heavy atom. The highest BCUT2D eigenvalue weighted by Gasteiger charge is 2.21. The van der Waals surface area contributed by atoms with Crippen LogP contribution in [0.25, 0.3) is 0 Å². The highest BCUT2D eigenvalue weighted by atomic mass is 32.2. The fraction of sp³-hybridized carbons (Fsp3) is 0.333. The van der Waals surface area contributed by atoms with E-state index in [9.17, 15) is 9.59 Å². The second kappa shape index (κ2) is 9.61. The smallest absolute Gasteiger partial charge is 0.340 e. The number of morpholine rings is 1. The summed E-state index contributed by atoms with van der Waals surface area (Å²) >= 11 is 1.46. The summed E-state index contributed by atoms with van der Waals surface area (Å²) in [6.07, 6.45) is 0.990. The van der Waals surface area contributed by atoms with Gasteiger partial charge in [0.2, 0.25) is 0 Å². The predicted octanol–water partition coefficient (Wildman–Crippen LogP) is 3.43. The molecule has 1 atom stereocenters. The summed E-state index contributed by atoms with van der Waals surface area (Å²) < 4.78 is 10.7. The first kappa shape index (κ1) is 20.2. The van der Waals surface area contributed by atoms with Gasteiger partial charge in [-0.1, -0.05) is 12.1 Å². The summed E-state index contributed by atoms with van der Waals surface area (Å²) in [5.74, 6) is -0.871. The number of anilines is 2. The van der Waals surface area contributed by atoms with Crippen molar-refractivity contribution in [3.8, 4) is 0 Å². The molecule has 0 radical (unpaired) electrons. The Morgan fingerprint density at radius 2 is 1.79 bits per heavy atom. The van der Waals surface area contributed by atoms with Gasteiger partial charge in [-0.05, 0) is 49.6 Å². The molecule has 1 N–H and O–H groups in total. The number of nitrogens with one attached hydrogen (secondary N) is 1. The first-order chi connectivity index (χ1) is 13.6. The van der Waals surface area contributed by atoms with E-state index >= 15 is 0 Å². The fourth-order valence-electron chi connectivity index (χ4n) is 2.91. The monoisotopic (exact) mass is 400 g/mol. The lowest BCUT2D eigenvalue weighted by atomic mass is 10.2. The highest BCUT2D eigenvalue weighted by Crippen LogP contribution is 2.22. The van der Waals surface area contributed by atoms with E-state index in [0.29, 0.717) is 11.3 Å². The molecule has 7 heteroatoms. The molecular weight excluding hydrogens is 376 g/mol. The first-order valence-corrected chi connectivity index (χ1v) is 10.4. The number of thioether (sulfide) groups is 1. The molecule has 0 aliphatic carbocycles. The fourth-order valence-corrected chi connectivity index (χ4v) is 3.50. The summed E-state index contributed by atoms with van der Waals surface area (Å²) in [4.78, 5) is 27.8. The molecule has 2 aromatic carbocycles. The quantitative estimate of drug-likeness (QED) is 0.592. The van der Waals surface area contributed by atoms with E-state index in [2.05, 4.69) is 10.2 Å². The number of hydrogen-bond donors (Lipinski definition) is 1. The van der Waals surface area contributed by atoms with Crippen molar-refractivity contribution in [1.82, 2.24) is 0 Å². The highest BCUT2D eigenvalue weighted by molar-refractivity contribution is 7.98. The van der Waals surface area contributed by atoms with E-state index in [4.69, 9.17) is 9.47 Å². The number of ether oxygens (including phenoxy) is 2. The van der Waals surface area contributed by atoms with Crippen LogP contribution in [-0.4, -0.2) is 50.5 Å². The van der Waals surface area contributed by atoms with Crippen LogP contribution in [0.5, 0.6) is 0 Å². The Balaban J connectivity index is 1.57. The summed E-state index contributed by atoms with van der Waals surface area (Å²) in [5.41, 5.74) is 2.22. The second-order valence-electron chi connectivity index (χ2n) is 6.38. The van der Waals surface area contributed by atoms with Crippen LogP contribution < -0.4 is 10.2 Å². The maximum atomic E-state index is 12.4. The molecule has 0 saturated carbocycles. The van der Waals surface area contributed by atoms with Gasteiger partial charge in [0.1, 0.15) is 0 Å². The Kier molecular flexibility index (Phi) is 6.95. The van der Waals surface area contributed by atoms with E-state index in [0.717, 1.165) is 36.9 Å². The molecule has 1 heterocycles. The molecule has 0 spiro atoms. The van der Waals surface area contributed by atoms with E-state index in [-0.39, 0.29) is 5.91 Å². The Bertz CT molecular complexity index is 819. The lowest BCUT2D eigenvalue weighted by Crippen LogP contribution is -2.36. The van der Waals surface area contributed by atoms with Crippen LogP contribution in [0.15, 0.2) is 53.4 Å². The minimum Gasteiger partial charge on any atom is -0.449 e. The van der Waals surface area contributed by atoms with Gasteiger partial charge in [0.25, 0.3) is 5.91 Å². The molecule has 1 saturated heterocycles. The van der Waals surface area contributed by atoms with Crippen LogP contribution >= 0.6 is 11.8 Å². The number of amides is 1. The lowest BCUT2D eigenvalue weighted by molar-refractivity contribution is -0.123. The lowest BCUT2D eigenvalue weighted by Gasteiger charge is -2.28. The summed E-state index contributed by atoms with van der Waals surface area (Å²) in [6, 6.07) is 14.8. The van der Waals surface area contributed by atoms with Crippen LogP contribution in [0.3, 0.4) is 0 Å². The predicted molar refractivity (Wildman–Crippen MR) is 111 cm³/mol. The van der Waals surface area contributed by atoms with Crippen LogP contribution in [0.1, 0.15) is 17.3 Å². The van der Waals surface area contributed by atoms with Gasteiger partial charge in [-0.15, -0.1) is 11.8 Å². The summed E-state index contributed by atoms with van der Waals surface area (Å²) in [6.45, 7) is 4.73. The molecule has 28 heavy (non-hydrogen) atoms. The molecule has 3 rings (SSSR count). The van der Waals surface area contributed by atoms with Crippen LogP contribution in [0, 0.1) is 0 Å². The standard InChI is InChI=1S/C21H24N2O4S/c1-15(27-21(25)18-5-3-4-6-19(18)28-2)20(24)22-16-7-9-17(10-8-16)23-11-13-26-14-12-23/h3-10,15H,11-14H2,1-2H3,(H,22,24)/t15-/m0/s1. The average Bonchev–Trinajstić information content (AvgIpc) is 2.74. The number of rotatable bonds is 6. The first-order valence-electron chi connectivity index (χ1n) is 9.16. The maximum absolute atomic E-state index is 12.4. The van der Waals surface area contributed by atoms with Crippen LogP contribution in [-0.2, 0) is 14.3 Å². The van der Waals surface area contributed by atoms with Crippen molar-refractivity contribution in [1.29, 1.82) is 0 Å². The van der Waals surface area contributed by atoms with Gasteiger partial charge in [0, 0.05) is 29.4 Å². The van der Waals surface area contributed by atoms with E-state index < -0.39 is 12.1 Å². The molecule has 1 aliphatic rings. The molecule has 0 unspecified atom stereocenters. The number of nitrogens with zero attached hydrogens (tertiary/aromatic N) is 1. The Labute approximate surface area is 169 Å². The van der Waals surface area contributed by atoms with Gasteiger partial charge in [-0.25, -0.2) is 4.79 Å². The molecule has 1 amide bonds. The van der Waals surface area contributed by atoms with E-state index in [1.807, 2.05) is 42.7 Å². The molecular formula is C21H24N2O4S. The minimum atomic E-state index is -0.902. The zero-order valence-electron chi connectivity index (χ0n) is 16.0. The van der Waals surface area contributed by atoms with Crippen molar-refractivity contribution in [3.05, 3.63) is 54.1 Å². The third kappa shape index (κ3) is 5.05. The molecule has 1 aliphatic heterocycles. The van der Waals surface area contributed by atoms with Crippen LogP contribution in [0.2, 0.25) is 0 Å². The molecule has 6 nitrogen and oxygen atoms in total. The molecule has 148 valence electrons. The number of benzene rings is 2. The Morgan fingerprint density at radius 3 is 2.46 bits per heavy atom. The topological polar surface area (TPSA) is 67.9 Å². The van der Waals surface area contributed by atoms with Gasteiger partial charge in [0.15, 0.2) is 6.10 Å². The van der Waals surface area contributed by atoms with Crippen molar-refractivity contribution < 1.29 is 19.1 Å². The van der Waals surface area contributed by atoms with Crippen LogP contribution in [0.4, 0.5) is 11.4 Å². The summed E-state index contributed by atoms with van der Waals surface area (Å²) in [7, 11) is 0. The van der Waals surface area contributed by atoms with Gasteiger partial charge in [0.05, 0.1) is 18.8 Å². The zero-order chi connectivity index (χ0) is 19.9. The maximum Gasteiger partial charge on any atom is 0.340 e. The van der Waals surface area contributed by atoms with E-state index in [1.165, 1.54) is 11.8 Å². The van der Waals surface area contributed by atoms with Crippen molar-refractivity contribution in [2.24, 2.45) is 0 Å². The average molecular weight is 401 g/mol. The van der Waals surface area contributed by atoms with Gasteiger partial charge >= 0.3 is 5.97 Å². The van der Waals surface area contributed by atoms with Gasteiger partial charge < -0.3 is 19.7 Å². The van der Waals surface area contributed by atoms with Gasteiger partial charge in [-0.3, -0.25) is 4.79 Å². The SMILES string of the molecule is CSc1ccccc1C(=O)O[C@@H](C)C(=O)Nc1ccc(N2CCOCC2)cc1. The molecule has 2 aromatic rings. The summed E-state index contributed by atoms with van der Waals surface area (Å²) in [5, 5.41) is 2.79. The Hall–Kier alpha value is -2.51. The molecule has 0 aromatic heterocycles. The number of hydrogen-bond acceptors (Lipinski definition) is 6. The number of esters is 1. The van der Waals surface area contributed by atoms with Crippen molar-refractivity contribution in [2.75, 3.05) is 42.8 Å². The molecule has 1 fully saturated rings. The number of carbonyl (C=O) groups is 2. The van der Waals surface area contributed by atoms with Crippen molar-refractivity contribution in [3.63, 3.8) is 0 Å². The third-order valence-corrected chi connectivity index (χ3v) is 5.29. The van der Waals surface area contributed by atoms with Crippen molar-refractivity contribution in [2.45, 2.75) is 17.9 Å². The minimum absolute atomic E-state index is 0.367. The largest absolute Gasteiger partial charge is 0.449 e. The zero-order valence-corrected chi connectivity index (χ0v) is 16.8. The van der Waals surface area contributed by atoms with Crippen molar-refractivity contribution >= 4 is 35.0 Å². The normalized spacial score (nSPS) is 15.0. The second-order valence-corrected chi connectivity index (χ2v) is 7.23. The third-order valence-electron chi connectivity index (χ3n) is 4.49. The van der Waals surface area contributed by atoms with Gasteiger partial charge in [-0.2, -0.15) is 0 Å².